The summed E-state index contributed by atoms with van der Waals surface area (Å²) in [7, 11) is 0. The number of hydrogen-bond donors (Lipinski definition) is 1. The lowest BCUT2D eigenvalue weighted by Gasteiger charge is -2.19. The van der Waals surface area contributed by atoms with E-state index < -0.39 is 0 Å². The molecule has 130 valence electrons. The van der Waals surface area contributed by atoms with Crippen LogP contribution in [0.2, 0.25) is 0 Å². The number of aromatic nitrogens is 3. The number of aromatic amines is 1. The average Bonchev–Trinajstić information content (AvgIpc) is 3.09. The Kier molecular flexibility index (Phi) is 4.65. The van der Waals surface area contributed by atoms with Gasteiger partial charge in [0.05, 0.1) is 5.56 Å². The van der Waals surface area contributed by atoms with Gasteiger partial charge in [0.2, 0.25) is 5.89 Å². The van der Waals surface area contributed by atoms with Crippen LogP contribution in [0.25, 0.3) is 10.8 Å². The number of amides is 1. The molecule has 3 aromatic rings. The summed E-state index contributed by atoms with van der Waals surface area (Å²) in [4.78, 5) is 33.5. The fourth-order valence-corrected chi connectivity index (χ4v) is 2.61. The summed E-state index contributed by atoms with van der Waals surface area (Å²) in [6.45, 7) is 6.54. The molecule has 1 N–H and O–H groups in total. The van der Waals surface area contributed by atoms with Crippen molar-refractivity contribution < 1.29 is 9.32 Å². The molecule has 25 heavy (non-hydrogen) atoms. The number of fused-ring (bicyclic) bond motifs is 1. The van der Waals surface area contributed by atoms with E-state index in [1.807, 2.05) is 26.8 Å². The van der Waals surface area contributed by atoms with Gasteiger partial charge in [0.25, 0.3) is 11.5 Å². The Morgan fingerprint density at radius 1 is 1.28 bits per heavy atom. The maximum Gasteiger partial charge on any atom is 0.256 e. The van der Waals surface area contributed by atoms with Gasteiger partial charge in [-0.15, -0.1) is 0 Å². The molecule has 7 heteroatoms. The molecule has 0 aliphatic rings. The normalized spacial score (nSPS) is 11.2. The van der Waals surface area contributed by atoms with Gasteiger partial charge < -0.3 is 14.4 Å². The van der Waals surface area contributed by atoms with E-state index >= 15 is 0 Å². The zero-order valence-corrected chi connectivity index (χ0v) is 14.4. The molecule has 0 aliphatic carbocycles. The second-order valence-corrected chi connectivity index (χ2v) is 6.10. The molecular formula is C18H20N4O3. The number of hydrogen-bond acceptors (Lipinski definition) is 5. The number of nitrogens with one attached hydrogen (secondary N) is 1. The van der Waals surface area contributed by atoms with Gasteiger partial charge in [0.1, 0.15) is 6.54 Å². The van der Waals surface area contributed by atoms with Gasteiger partial charge in [-0.1, -0.05) is 37.2 Å². The van der Waals surface area contributed by atoms with Gasteiger partial charge in [-0.25, -0.2) is 0 Å². The second kappa shape index (κ2) is 6.88. The number of rotatable bonds is 5. The Hall–Kier alpha value is -2.96. The molecule has 0 atom stereocenters. The first-order chi connectivity index (χ1) is 12.0. The topological polar surface area (TPSA) is 92.1 Å². The quantitative estimate of drug-likeness (QED) is 0.771. The van der Waals surface area contributed by atoms with Crippen LogP contribution in [0.15, 0.2) is 39.8 Å². The summed E-state index contributed by atoms with van der Waals surface area (Å²) in [6.07, 6.45) is 1.46. The number of pyridine rings is 1. The van der Waals surface area contributed by atoms with Crippen LogP contribution in [-0.4, -0.2) is 32.5 Å². The standard InChI is InChI=1S/C18H20N4O3/c1-4-22(10-15-20-16(11(2)3)21-25-15)18(24)14-9-19-17(23)13-8-6-5-7-12(13)14/h5-9,11H,4,10H2,1-3H3,(H,19,23). The Morgan fingerprint density at radius 3 is 2.64 bits per heavy atom. The fourth-order valence-electron chi connectivity index (χ4n) is 2.61. The van der Waals surface area contributed by atoms with Gasteiger partial charge in [0, 0.05) is 29.4 Å². The van der Waals surface area contributed by atoms with Crippen molar-refractivity contribution in [3.63, 3.8) is 0 Å². The van der Waals surface area contributed by atoms with Crippen molar-refractivity contribution in [2.24, 2.45) is 0 Å². The highest BCUT2D eigenvalue weighted by Crippen LogP contribution is 2.18. The number of carbonyl (C=O) groups is 1. The maximum absolute atomic E-state index is 13.0. The Balaban J connectivity index is 1.92. The van der Waals surface area contributed by atoms with E-state index in [0.717, 1.165) is 0 Å². The Morgan fingerprint density at radius 2 is 2.00 bits per heavy atom. The number of nitrogens with zero attached hydrogens (tertiary/aromatic N) is 3. The molecule has 0 unspecified atom stereocenters. The molecule has 2 heterocycles. The molecule has 0 aliphatic heterocycles. The van der Waals surface area contributed by atoms with Crippen molar-refractivity contribution in [1.29, 1.82) is 0 Å². The lowest BCUT2D eigenvalue weighted by Crippen LogP contribution is -2.31. The van der Waals surface area contributed by atoms with Crippen molar-refractivity contribution in [3.05, 3.63) is 58.1 Å². The van der Waals surface area contributed by atoms with Gasteiger partial charge >= 0.3 is 0 Å². The maximum atomic E-state index is 13.0. The van der Waals surface area contributed by atoms with Crippen LogP contribution in [0.5, 0.6) is 0 Å². The van der Waals surface area contributed by atoms with Crippen molar-refractivity contribution in [3.8, 4) is 0 Å². The van der Waals surface area contributed by atoms with E-state index in [-0.39, 0.29) is 23.9 Å². The highest BCUT2D eigenvalue weighted by atomic mass is 16.5. The number of carbonyl (C=O) groups excluding carboxylic acids is 1. The van der Waals surface area contributed by atoms with Crippen molar-refractivity contribution in [2.45, 2.75) is 33.2 Å². The number of H-pyrrole nitrogens is 1. The van der Waals surface area contributed by atoms with Gasteiger partial charge in [-0.05, 0) is 13.0 Å². The van der Waals surface area contributed by atoms with Crippen LogP contribution in [0.1, 0.15) is 48.8 Å². The third kappa shape index (κ3) is 3.31. The van der Waals surface area contributed by atoms with Crippen LogP contribution in [0, 0.1) is 0 Å². The van der Waals surface area contributed by atoms with Crippen LogP contribution in [0.3, 0.4) is 0 Å². The Bertz CT molecular complexity index is 958. The fraction of sp³-hybridized carbons (Fsp3) is 0.333. The van der Waals surface area contributed by atoms with Gasteiger partial charge in [-0.3, -0.25) is 9.59 Å². The van der Waals surface area contributed by atoms with E-state index in [1.54, 1.807) is 23.1 Å². The van der Waals surface area contributed by atoms with Gasteiger partial charge in [0.15, 0.2) is 5.82 Å². The van der Waals surface area contributed by atoms with Crippen molar-refractivity contribution >= 4 is 16.7 Å². The molecule has 7 nitrogen and oxygen atoms in total. The van der Waals surface area contributed by atoms with E-state index in [0.29, 0.717) is 34.6 Å². The zero-order valence-electron chi connectivity index (χ0n) is 14.4. The number of benzene rings is 1. The minimum atomic E-state index is -0.214. The van der Waals surface area contributed by atoms with E-state index in [9.17, 15) is 9.59 Å². The van der Waals surface area contributed by atoms with Crippen LogP contribution >= 0.6 is 0 Å². The summed E-state index contributed by atoms with van der Waals surface area (Å²) in [5.74, 6) is 0.978. The molecule has 2 aromatic heterocycles. The van der Waals surface area contributed by atoms with Crippen molar-refractivity contribution in [2.75, 3.05) is 6.54 Å². The summed E-state index contributed by atoms with van der Waals surface area (Å²) in [6, 6.07) is 7.06. The van der Waals surface area contributed by atoms with E-state index in [2.05, 4.69) is 15.1 Å². The lowest BCUT2D eigenvalue weighted by atomic mass is 10.1. The highest BCUT2D eigenvalue weighted by molar-refractivity contribution is 6.06. The molecule has 0 spiro atoms. The minimum absolute atomic E-state index is 0.159. The first-order valence-electron chi connectivity index (χ1n) is 8.23. The second-order valence-electron chi connectivity index (χ2n) is 6.10. The van der Waals surface area contributed by atoms with Crippen LogP contribution in [0.4, 0.5) is 0 Å². The van der Waals surface area contributed by atoms with Gasteiger partial charge in [-0.2, -0.15) is 4.98 Å². The zero-order chi connectivity index (χ0) is 18.0. The lowest BCUT2D eigenvalue weighted by molar-refractivity contribution is 0.0736. The largest absolute Gasteiger partial charge is 0.337 e. The predicted octanol–water partition coefficient (Wildman–Crippen LogP) is 2.70. The Labute approximate surface area is 144 Å². The SMILES string of the molecule is CCN(Cc1nc(C(C)C)no1)C(=O)c1c[nH]c(=O)c2ccccc12. The summed E-state index contributed by atoms with van der Waals surface area (Å²) in [5.41, 5.74) is 0.231. The van der Waals surface area contributed by atoms with E-state index in [4.69, 9.17) is 4.52 Å². The smallest absolute Gasteiger partial charge is 0.256 e. The van der Waals surface area contributed by atoms with E-state index in [1.165, 1.54) is 6.20 Å². The molecule has 0 saturated heterocycles. The predicted molar refractivity (Wildman–Crippen MR) is 93.4 cm³/mol. The summed E-state index contributed by atoms with van der Waals surface area (Å²) < 4.78 is 5.24. The molecule has 1 amide bonds. The molecule has 1 aromatic carbocycles. The first-order valence-corrected chi connectivity index (χ1v) is 8.23. The molecular weight excluding hydrogens is 320 g/mol. The molecule has 0 radical (unpaired) electrons. The molecule has 0 saturated carbocycles. The highest BCUT2D eigenvalue weighted by Gasteiger charge is 2.21. The molecule has 0 fully saturated rings. The van der Waals surface area contributed by atoms with Crippen LogP contribution in [-0.2, 0) is 6.54 Å². The third-order valence-corrected chi connectivity index (χ3v) is 4.04. The van der Waals surface area contributed by atoms with Crippen LogP contribution < -0.4 is 5.56 Å². The molecule has 3 rings (SSSR count). The minimum Gasteiger partial charge on any atom is -0.337 e. The first kappa shape index (κ1) is 16.9. The average molecular weight is 340 g/mol. The summed E-state index contributed by atoms with van der Waals surface area (Å²) in [5, 5.41) is 5.04. The third-order valence-electron chi connectivity index (χ3n) is 4.04. The molecule has 0 bridgehead atoms. The van der Waals surface area contributed by atoms with Crippen molar-refractivity contribution in [1.82, 2.24) is 20.0 Å². The monoisotopic (exact) mass is 340 g/mol. The summed E-state index contributed by atoms with van der Waals surface area (Å²) >= 11 is 0.